The molecule has 0 heterocycles. The minimum absolute atomic E-state index is 0.173. The summed E-state index contributed by atoms with van der Waals surface area (Å²) >= 11 is 0. The number of hydrogen-bond donors (Lipinski definition) is 1. The second-order valence-electron chi connectivity index (χ2n) is 4.50. The van der Waals surface area contributed by atoms with E-state index < -0.39 is 32.1 Å². The number of carboxylic acids is 1. The summed E-state index contributed by atoms with van der Waals surface area (Å²) in [5.74, 6) is -2.78. The van der Waals surface area contributed by atoms with Crippen LogP contribution in [0.25, 0.3) is 0 Å². The number of nitriles is 1. The molecule has 0 aliphatic heterocycles. The van der Waals surface area contributed by atoms with Gasteiger partial charge in [0, 0.05) is 0 Å². The summed E-state index contributed by atoms with van der Waals surface area (Å²) in [6, 6.07) is 4.90. The monoisotopic (exact) mass is 285 g/mol. The minimum Gasteiger partial charge on any atom is -0.480 e. The molecule has 19 heavy (non-hydrogen) atoms. The fraction of sp³-hybridized carbons (Fsp3) is 0.333. The van der Waals surface area contributed by atoms with Crippen molar-refractivity contribution in [3.8, 4) is 6.07 Å². The molecule has 0 amide bonds. The first kappa shape index (κ1) is 15.1. The smallest absolute Gasteiger partial charge is 0.324 e. The van der Waals surface area contributed by atoms with Crippen LogP contribution in [0.2, 0.25) is 0 Å². The molecule has 0 unspecified atom stereocenters. The molecule has 1 rings (SSSR count). The molecule has 102 valence electrons. The van der Waals surface area contributed by atoms with Gasteiger partial charge >= 0.3 is 5.97 Å². The molecular weight excluding hydrogens is 273 g/mol. The van der Waals surface area contributed by atoms with Crippen LogP contribution < -0.4 is 0 Å². The van der Waals surface area contributed by atoms with Crippen LogP contribution in [0.1, 0.15) is 25.0 Å². The summed E-state index contributed by atoms with van der Waals surface area (Å²) in [7, 11) is -3.98. The van der Waals surface area contributed by atoms with Gasteiger partial charge in [-0.25, -0.2) is 12.8 Å². The van der Waals surface area contributed by atoms with E-state index in [4.69, 9.17) is 10.4 Å². The van der Waals surface area contributed by atoms with E-state index in [-0.39, 0.29) is 11.1 Å². The van der Waals surface area contributed by atoms with Crippen molar-refractivity contribution in [3.05, 3.63) is 35.1 Å². The Labute approximate surface area is 110 Å². The highest BCUT2D eigenvalue weighted by Gasteiger charge is 2.41. The van der Waals surface area contributed by atoms with E-state index in [9.17, 15) is 17.6 Å². The van der Waals surface area contributed by atoms with Crippen LogP contribution in [-0.2, 0) is 20.4 Å². The molecule has 0 aliphatic rings. The summed E-state index contributed by atoms with van der Waals surface area (Å²) in [6.45, 7) is 2.17. The van der Waals surface area contributed by atoms with E-state index >= 15 is 0 Å². The van der Waals surface area contributed by atoms with Crippen LogP contribution in [-0.4, -0.2) is 24.2 Å². The molecule has 0 radical (unpaired) electrons. The van der Waals surface area contributed by atoms with Gasteiger partial charge in [0.25, 0.3) is 0 Å². The topological polar surface area (TPSA) is 95.2 Å². The van der Waals surface area contributed by atoms with Crippen molar-refractivity contribution in [2.24, 2.45) is 0 Å². The van der Waals surface area contributed by atoms with Crippen LogP contribution in [0, 0.1) is 17.1 Å². The number of nitrogens with zero attached hydrogens (tertiary/aromatic N) is 1. The summed E-state index contributed by atoms with van der Waals surface area (Å²) in [4.78, 5) is 10.9. The maximum Gasteiger partial charge on any atom is 0.324 e. The Morgan fingerprint density at radius 1 is 1.47 bits per heavy atom. The Morgan fingerprint density at radius 2 is 2.05 bits per heavy atom. The van der Waals surface area contributed by atoms with E-state index in [1.165, 1.54) is 6.07 Å². The number of carbonyl (C=O) groups is 1. The summed E-state index contributed by atoms with van der Waals surface area (Å²) in [5, 5.41) is 17.6. The Bertz CT molecular complexity index is 659. The lowest BCUT2D eigenvalue weighted by Crippen LogP contribution is -2.41. The maximum absolute atomic E-state index is 13.1. The molecule has 5 nitrogen and oxygen atoms in total. The van der Waals surface area contributed by atoms with E-state index in [0.29, 0.717) is 0 Å². The van der Waals surface area contributed by atoms with Crippen LogP contribution in [0.4, 0.5) is 4.39 Å². The number of aliphatic carboxylic acids is 1. The molecule has 0 atom stereocenters. The lowest BCUT2D eigenvalue weighted by molar-refractivity contribution is -0.139. The quantitative estimate of drug-likeness (QED) is 0.904. The number of hydrogen-bond acceptors (Lipinski definition) is 4. The van der Waals surface area contributed by atoms with Gasteiger partial charge in [-0.05, 0) is 31.5 Å². The van der Waals surface area contributed by atoms with Crippen LogP contribution in [0.5, 0.6) is 0 Å². The standard InChI is InChI=1S/C12H12FNO4S/c1-12(2,11(15)16)19(17,18)7-8-3-4-10(13)9(5-8)6-14/h3-5H,7H2,1-2H3,(H,15,16). The van der Waals surface area contributed by atoms with Gasteiger partial charge in [-0.15, -0.1) is 0 Å². The number of benzene rings is 1. The Kier molecular flexibility index (Phi) is 3.96. The highest BCUT2D eigenvalue weighted by molar-refractivity contribution is 7.92. The lowest BCUT2D eigenvalue weighted by atomic mass is 10.1. The summed E-state index contributed by atoms with van der Waals surface area (Å²) in [6.07, 6.45) is 0. The number of carboxylic acid groups (broad SMARTS) is 1. The molecule has 1 aromatic carbocycles. The van der Waals surface area contributed by atoms with E-state index in [0.717, 1.165) is 26.0 Å². The predicted molar refractivity (Wildman–Crippen MR) is 65.5 cm³/mol. The highest BCUT2D eigenvalue weighted by atomic mass is 32.2. The van der Waals surface area contributed by atoms with Crippen molar-refractivity contribution in [1.82, 2.24) is 0 Å². The highest BCUT2D eigenvalue weighted by Crippen LogP contribution is 2.22. The van der Waals surface area contributed by atoms with Crippen molar-refractivity contribution < 1.29 is 22.7 Å². The SMILES string of the molecule is CC(C)(C(=O)O)S(=O)(=O)Cc1ccc(F)c(C#N)c1. The normalized spacial score (nSPS) is 11.9. The van der Waals surface area contributed by atoms with Gasteiger partial charge in [0.1, 0.15) is 11.9 Å². The van der Waals surface area contributed by atoms with Gasteiger partial charge in [-0.1, -0.05) is 6.07 Å². The van der Waals surface area contributed by atoms with Gasteiger partial charge in [-0.3, -0.25) is 4.79 Å². The number of rotatable bonds is 4. The van der Waals surface area contributed by atoms with Gasteiger partial charge in [0.05, 0.1) is 11.3 Å². The third-order valence-corrected chi connectivity index (χ3v) is 5.24. The molecule has 0 aromatic heterocycles. The van der Waals surface area contributed by atoms with Crippen molar-refractivity contribution in [2.75, 3.05) is 0 Å². The molecule has 1 N–H and O–H groups in total. The Balaban J connectivity index is 3.17. The van der Waals surface area contributed by atoms with Crippen LogP contribution >= 0.6 is 0 Å². The second kappa shape index (κ2) is 4.97. The average molecular weight is 285 g/mol. The fourth-order valence-electron chi connectivity index (χ4n) is 1.28. The van der Waals surface area contributed by atoms with E-state index in [2.05, 4.69) is 0 Å². The molecule has 0 saturated carbocycles. The molecule has 1 aromatic rings. The third-order valence-electron chi connectivity index (χ3n) is 2.80. The number of sulfone groups is 1. The molecule has 0 saturated heterocycles. The summed E-state index contributed by atoms with van der Waals surface area (Å²) < 4.78 is 35.1. The second-order valence-corrected chi connectivity index (χ2v) is 7.04. The first-order chi connectivity index (χ1) is 8.61. The number of halogens is 1. The molecule has 0 bridgehead atoms. The first-order valence-corrected chi connectivity index (χ1v) is 6.91. The average Bonchev–Trinajstić information content (AvgIpc) is 2.30. The van der Waals surface area contributed by atoms with Gasteiger partial charge in [0.15, 0.2) is 14.6 Å². The molecular formula is C12H12FNO4S. The molecule has 0 fully saturated rings. The van der Waals surface area contributed by atoms with Crippen molar-refractivity contribution in [3.63, 3.8) is 0 Å². The zero-order valence-corrected chi connectivity index (χ0v) is 11.2. The largest absolute Gasteiger partial charge is 0.480 e. The molecule has 7 heteroatoms. The van der Waals surface area contributed by atoms with Crippen LogP contribution in [0.15, 0.2) is 18.2 Å². The first-order valence-electron chi connectivity index (χ1n) is 5.26. The van der Waals surface area contributed by atoms with E-state index in [1.807, 2.05) is 0 Å². The third kappa shape index (κ3) is 2.90. The Hall–Kier alpha value is -1.94. The van der Waals surface area contributed by atoms with E-state index in [1.54, 1.807) is 6.07 Å². The van der Waals surface area contributed by atoms with Gasteiger partial charge < -0.3 is 5.11 Å². The lowest BCUT2D eigenvalue weighted by Gasteiger charge is -2.19. The zero-order chi connectivity index (χ0) is 14.8. The Morgan fingerprint density at radius 3 is 2.53 bits per heavy atom. The summed E-state index contributed by atoms with van der Waals surface area (Å²) in [5.41, 5.74) is -0.104. The van der Waals surface area contributed by atoms with Crippen molar-refractivity contribution in [2.45, 2.75) is 24.3 Å². The van der Waals surface area contributed by atoms with Crippen molar-refractivity contribution >= 4 is 15.8 Å². The molecule has 0 spiro atoms. The maximum atomic E-state index is 13.1. The van der Waals surface area contributed by atoms with Gasteiger partial charge in [0.2, 0.25) is 0 Å². The predicted octanol–water partition coefficient (Wildman–Crippen LogP) is 1.48. The van der Waals surface area contributed by atoms with Crippen LogP contribution in [0.3, 0.4) is 0 Å². The fourth-order valence-corrected chi connectivity index (χ4v) is 2.53. The zero-order valence-electron chi connectivity index (χ0n) is 10.3. The van der Waals surface area contributed by atoms with Crippen molar-refractivity contribution in [1.29, 1.82) is 5.26 Å². The van der Waals surface area contributed by atoms with Gasteiger partial charge in [-0.2, -0.15) is 5.26 Å². The minimum atomic E-state index is -3.98. The molecule has 0 aliphatic carbocycles.